The third kappa shape index (κ3) is 2.64. The van der Waals surface area contributed by atoms with E-state index in [9.17, 15) is 0 Å². The summed E-state index contributed by atoms with van der Waals surface area (Å²) in [6, 6.07) is 14.9. The molecular formula is C18H21N3. The van der Waals surface area contributed by atoms with Crippen molar-refractivity contribution in [2.45, 2.75) is 33.9 Å². The van der Waals surface area contributed by atoms with E-state index in [0.29, 0.717) is 0 Å². The van der Waals surface area contributed by atoms with Gasteiger partial charge in [-0.2, -0.15) is 5.10 Å². The predicted molar refractivity (Wildman–Crippen MR) is 88.6 cm³/mol. The molecule has 21 heavy (non-hydrogen) atoms. The molecule has 0 bridgehead atoms. The second-order valence-corrected chi connectivity index (χ2v) is 5.45. The van der Waals surface area contributed by atoms with Crippen LogP contribution in [0.4, 0.5) is 5.69 Å². The van der Waals surface area contributed by atoms with E-state index in [0.717, 1.165) is 18.8 Å². The van der Waals surface area contributed by atoms with Gasteiger partial charge in [-0.3, -0.25) is 4.68 Å². The lowest BCUT2D eigenvalue weighted by atomic mass is 10.1. The minimum atomic E-state index is 0.748. The number of rotatable bonds is 4. The van der Waals surface area contributed by atoms with Crippen molar-refractivity contribution in [1.82, 2.24) is 9.78 Å². The highest BCUT2D eigenvalue weighted by Crippen LogP contribution is 2.21. The minimum Gasteiger partial charge on any atom is -0.379 e. The Kier molecular flexibility index (Phi) is 3.65. The molecule has 0 amide bonds. The number of aromatic nitrogens is 2. The van der Waals surface area contributed by atoms with Crippen LogP contribution in [0.5, 0.6) is 0 Å². The molecule has 0 atom stereocenters. The van der Waals surface area contributed by atoms with Gasteiger partial charge in [0.05, 0.1) is 17.8 Å². The van der Waals surface area contributed by atoms with Crippen molar-refractivity contribution in [3.63, 3.8) is 0 Å². The van der Waals surface area contributed by atoms with Crippen LogP contribution in [0, 0.1) is 13.8 Å². The van der Waals surface area contributed by atoms with Gasteiger partial charge in [-0.25, -0.2) is 0 Å². The zero-order valence-corrected chi connectivity index (χ0v) is 12.9. The fourth-order valence-electron chi connectivity index (χ4n) is 2.67. The molecule has 1 N–H and O–H groups in total. The van der Waals surface area contributed by atoms with E-state index in [-0.39, 0.29) is 0 Å². The van der Waals surface area contributed by atoms with Gasteiger partial charge in [0.25, 0.3) is 0 Å². The van der Waals surface area contributed by atoms with Crippen LogP contribution in [0.15, 0.2) is 42.5 Å². The van der Waals surface area contributed by atoms with Gasteiger partial charge in [0.1, 0.15) is 0 Å². The standard InChI is InChI=1S/C18H21N3/c1-4-21-18-8-6-5-7-15(18)17(20-21)12-19-16-11-13(2)9-10-14(16)3/h5-11,19H,4,12H2,1-3H3. The predicted octanol–water partition coefficient (Wildman–Crippen LogP) is 4.29. The summed E-state index contributed by atoms with van der Waals surface area (Å²) in [4.78, 5) is 0. The Morgan fingerprint density at radius 1 is 1.10 bits per heavy atom. The molecule has 108 valence electrons. The van der Waals surface area contributed by atoms with Crippen LogP contribution in [0.25, 0.3) is 10.9 Å². The van der Waals surface area contributed by atoms with Gasteiger partial charge < -0.3 is 5.32 Å². The van der Waals surface area contributed by atoms with Gasteiger partial charge in [-0.05, 0) is 44.0 Å². The SMILES string of the molecule is CCn1nc(CNc2cc(C)ccc2C)c2ccccc21. The maximum Gasteiger partial charge on any atom is 0.0894 e. The van der Waals surface area contributed by atoms with E-state index < -0.39 is 0 Å². The molecule has 1 heterocycles. The molecule has 1 aromatic heterocycles. The van der Waals surface area contributed by atoms with E-state index in [1.807, 2.05) is 0 Å². The van der Waals surface area contributed by atoms with Crippen molar-refractivity contribution in [3.8, 4) is 0 Å². The summed E-state index contributed by atoms with van der Waals surface area (Å²) in [5, 5.41) is 9.49. The number of aryl methyl sites for hydroxylation is 3. The molecule has 3 rings (SSSR count). The van der Waals surface area contributed by atoms with E-state index in [4.69, 9.17) is 5.10 Å². The quantitative estimate of drug-likeness (QED) is 0.772. The first-order valence-electron chi connectivity index (χ1n) is 7.44. The summed E-state index contributed by atoms with van der Waals surface area (Å²) in [6.07, 6.45) is 0. The Labute approximate surface area is 125 Å². The zero-order chi connectivity index (χ0) is 14.8. The van der Waals surface area contributed by atoms with Gasteiger partial charge >= 0.3 is 0 Å². The van der Waals surface area contributed by atoms with Crippen LogP contribution in [-0.2, 0) is 13.1 Å². The molecule has 0 fully saturated rings. The molecule has 0 aliphatic rings. The Morgan fingerprint density at radius 3 is 2.71 bits per heavy atom. The second-order valence-electron chi connectivity index (χ2n) is 5.45. The lowest BCUT2D eigenvalue weighted by Gasteiger charge is -2.09. The molecule has 3 heteroatoms. The number of nitrogens with zero attached hydrogens (tertiary/aromatic N) is 2. The normalized spacial score (nSPS) is 11.0. The summed E-state index contributed by atoms with van der Waals surface area (Å²) in [7, 11) is 0. The van der Waals surface area contributed by atoms with Crippen LogP contribution in [0.1, 0.15) is 23.7 Å². The van der Waals surface area contributed by atoms with Crippen molar-refractivity contribution < 1.29 is 0 Å². The maximum absolute atomic E-state index is 4.73. The first-order valence-corrected chi connectivity index (χ1v) is 7.44. The smallest absolute Gasteiger partial charge is 0.0894 e. The molecule has 0 unspecified atom stereocenters. The molecule has 0 saturated heterocycles. The Hall–Kier alpha value is -2.29. The van der Waals surface area contributed by atoms with Gasteiger partial charge in [-0.1, -0.05) is 30.3 Å². The number of hydrogen-bond donors (Lipinski definition) is 1. The number of anilines is 1. The highest BCUT2D eigenvalue weighted by molar-refractivity contribution is 5.82. The maximum atomic E-state index is 4.73. The molecule has 0 spiro atoms. The van der Waals surface area contributed by atoms with Crippen LogP contribution in [-0.4, -0.2) is 9.78 Å². The first-order chi connectivity index (χ1) is 10.2. The molecule has 2 aromatic carbocycles. The second kappa shape index (κ2) is 5.60. The molecule has 3 nitrogen and oxygen atoms in total. The zero-order valence-electron chi connectivity index (χ0n) is 12.9. The van der Waals surface area contributed by atoms with Crippen molar-refractivity contribution >= 4 is 16.6 Å². The summed E-state index contributed by atoms with van der Waals surface area (Å²) in [5.41, 5.74) is 6.03. The molecule has 0 radical (unpaired) electrons. The largest absolute Gasteiger partial charge is 0.379 e. The van der Waals surface area contributed by atoms with E-state index in [1.165, 1.54) is 27.7 Å². The highest BCUT2D eigenvalue weighted by Gasteiger charge is 2.09. The summed E-state index contributed by atoms with van der Waals surface area (Å²) in [6.45, 7) is 8.01. The van der Waals surface area contributed by atoms with Crippen LogP contribution in [0.2, 0.25) is 0 Å². The van der Waals surface area contributed by atoms with Crippen molar-refractivity contribution in [2.24, 2.45) is 0 Å². The molecule has 0 aliphatic carbocycles. The van der Waals surface area contributed by atoms with Crippen LogP contribution < -0.4 is 5.32 Å². The number of para-hydroxylation sites is 1. The molecule has 0 saturated carbocycles. The van der Waals surface area contributed by atoms with Crippen LogP contribution >= 0.6 is 0 Å². The molecule has 0 aliphatic heterocycles. The van der Waals surface area contributed by atoms with E-state index in [1.54, 1.807) is 0 Å². The first kappa shape index (κ1) is 13.7. The minimum absolute atomic E-state index is 0.748. The van der Waals surface area contributed by atoms with Crippen LogP contribution in [0.3, 0.4) is 0 Å². The van der Waals surface area contributed by atoms with Crippen molar-refractivity contribution in [2.75, 3.05) is 5.32 Å². The summed E-state index contributed by atoms with van der Waals surface area (Å²) >= 11 is 0. The Morgan fingerprint density at radius 2 is 1.90 bits per heavy atom. The average molecular weight is 279 g/mol. The molecular weight excluding hydrogens is 258 g/mol. The van der Waals surface area contributed by atoms with Gasteiger partial charge in [0.15, 0.2) is 0 Å². The summed E-state index contributed by atoms with van der Waals surface area (Å²) < 4.78 is 2.06. The number of hydrogen-bond acceptors (Lipinski definition) is 2. The lowest BCUT2D eigenvalue weighted by molar-refractivity contribution is 0.671. The van der Waals surface area contributed by atoms with Crippen molar-refractivity contribution in [1.29, 1.82) is 0 Å². The van der Waals surface area contributed by atoms with Gasteiger partial charge in [0, 0.05) is 17.6 Å². The topological polar surface area (TPSA) is 29.9 Å². The third-order valence-electron chi connectivity index (χ3n) is 3.87. The lowest BCUT2D eigenvalue weighted by Crippen LogP contribution is -2.03. The highest BCUT2D eigenvalue weighted by atomic mass is 15.3. The van der Waals surface area contributed by atoms with Crippen molar-refractivity contribution in [3.05, 3.63) is 59.3 Å². The third-order valence-corrected chi connectivity index (χ3v) is 3.87. The number of fused-ring (bicyclic) bond motifs is 1. The fraction of sp³-hybridized carbons (Fsp3) is 0.278. The fourth-order valence-corrected chi connectivity index (χ4v) is 2.67. The summed E-state index contributed by atoms with van der Waals surface area (Å²) in [5.74, 6) is 0. The van der Waals surface area contributed by atoms with E-state index in [2.05, 4.69) is 73.2 Å². The number of benzene rings is 2. The Bertz CT molecular complexity index is 771. The van der Waals surface area contributed by atoms with Gasteiger partial charge in [-0.15, -0.1) is 0 Å². The number of nitrogens with one attached hydrogen (secondary N) is 1. The Balaban J connectivity index is 1.90. The van der Waals surface area contributed by atoms with Gasteiger partial charge in [0.2, 0.25) is 0 Å². The monoisotopic (exact) mass is 279 g/mol. The average Bonchev–Trinajstić information content (AvgIpc) is 2.86. The molecule has 3 aromatic rings. The van der Waals surface area contributed by atoms with E-state index >= 15 is 0 Å².